The number of carboxylic acid groups (broad SMARTS) is 1. The molecule has 12 nitrogen and oxygen atoms in total. The minimum absolute atomic E-state index is 0.0109. The number of H-pyrrole nitrogens is 1. The van der Waals surface area contributed by atoms with Gasteiger partial charge in [-0.3, -0.25) is 14.4 Å². The zero-order valence-electron chi connectivity index (χ0n) is 20.1. The van der Waals surface area contributed by atoms with Crippen LogP contribution in [0.3, 0.4) is 0 Å². The van der Waals surface area contributed by atoms with Crippen LogP contribution in [0.2, 0.25) is 0 Å². The lowest BCUT2D eigenvalue weighted by atomic mass is 10.0. The number of phenolic OH excluding ortho intramolecular Hbond substituents is 1. The van der Waals surface area contributed by atoms with Gasteiger partial charge >= 0.3 is 5.97 Å². The summed E-state index contributed by atoms with van der Waals surface area (Å²) in [6.07, 6.45) is 5.21. The van der Waals surface area contributed by atoms with Crippen molar-refractivity contribution in [2.45, 2.75) is 50.4 Å². The van der Waals surface area contributed by atoms with Crippen LogP contribution in [0.5, 0.6) is 5.75 Å². The third-order valence-corrected chi connectivity index (χ3v) is 5.97. The molecule has 1 aromatic carbocycles. The molecule has 1 aromatic heterocycles. The van der Waals surface area contributed by atoms with E-state index in [0.29, 0.717) is 23.4 Å². The van der Waals surface area contributed by atoms with Crippen molar-refractivity contribution < 1.29 is 29.4 Å². The first kappa shape index (κ1) is 28.7. The van der Waals surface area contributed by atoms with Crippen LogP contribution in [-0.4, -0.2) is 80.0 Å². The van der Waals surface area contributed by atoms with Crippen molar-refractivity contribution >= 4 is 35.5 Å². The Morgan fingerprint density at radius 3 is 2.28 bits per heavy atom. The van der Waals surface area contributed by atoms with E-state index in [1.165, 1.54) is 31.6 Å². The van der Waals surface area contributed by atoms with Crippen LogP contribution < -0.4 is 21.7 Å². The second-order valence-electron chi connectivity index (χ2n) is 8.23. The number of carboxylic acids is 1. The number of benzene rings is 1. The summed E-state index contributed by atoms with van der Waals surface area (Å²) in [4.78, 5) is 56.6. The molecule has 3 amide bonds. The number of carbonyl (C=O) groups excluding carboxylic acids is 3. The highest BCUT2D eigenvalue weighted by atomic mass is 32.2. The Morgan fingerprint density at radius 2 is 1.69 bits per heavy atom. The van der Waals surface area contributed by atoms with Crippen LogP contribution in [0.4, 0.5) is 0 Å². The van der Waals surface area contributed by atoms with E-state index in [0.717, 1.165) is 0 Å². The van der Waals surface area contributed by atoms with Gasteiger partial charge in [0.2, 0.25) is 17.7 Å². The molecule has 2 aromatic rings. The van der Waals surface area contributed by atoms with E-state index in [1.54, 1.807) is 23.9 Å². The number of nitrogens with one attached hydrogen (secondary N) is 4. The molecule has 4 atom stereocenters. The Balaban J connectivity index is 2.08. The van der Waals surface area contributed by atoms with Crippen molar-refractivity contribution in [3.05, 3.63) is 48.0 Å². The number of nitrogens with zero attached hydrogens (tertiary/aromatic N) is 1. The van der Waals surface area contributed by atoms with E-state index in [1.807, 2.05) is 6.26 Å². The molecule has 2 rings (SSSR count). The number of rotatable bonds is 14. The third kappa shape index (κ3) is 9.23. The first-order valence-corrected chi connectivity index (χ1v) is 12.6. The number of aromatic amines is 1. The minimum Gasteiger partial charge on any atom is -0.508 e. The number of nitrogens with two attached hydrogens (primary N) is 1. The Morgan fingerprint density at radius 1 is 1.03 bits per heavy atom. The number of hydrogen-bond donors (Lipinski definition) is 7. The fraction of sp³-hybridized carbons (Fsp3) is 0.435. The maximum absolute atomic E-state index is 13.1. The molecule has 0 fully saturated rings. The van der Waals surface area contributed by atoms with Gasteiger partial charge in [-0.25, -0.2) is 9.78 Å². The predicted molar refractivity (Wildman–Crippen MR) is 134 cm³/mol. The zero-order valence-corrected chi connectivity index (χ0v) is 20.9. The highest BCUT2D eigenvalue weighted by Gasteiger charge is 2.29. The van der Waals surface area contributed by atoms with Crippen LogP contribution in [0.1, 0.15) is 24.6 Å². The molecule has 13 heteroatoms. The Hall–Kier alpha value is -3.58. The molecule has 0 bridgehead atoms. The van der Waals surface area contributed by atoms with Crippen molar-refractivity contribution in [1.82, 2.24) is 25.9 Å². The fourth-order valence-corrected chi connectivity index (χ4v) is 3.71. The summed E-state index contributed by atoms with van der Waals surface area (Å²) in [5, 5.41) is 26.6. The normalized spacial score (nSPS) is 14.2. The molecule has 0 saturated carbocycles. The molecule has 1 heterocycles. The van der Waals surface area contributed by atoms with Crippen molar-refractivity contribution in [1.29, 1.82) is 0 Å². The number of aromatic hydroxyl groups is 1. The lowest BCUT2D eigenvalue weighted by Crippen LogP contribution is -2.57. The first-order valence-electron chi connectivity index (χ1n) is 11.2. The van der Waals surface area contributed by atoms with E-state index >= 15 is 0 Å². The molecule has 0 aliphatic carbocycles. The molecular formula is C23H32N6O6S. The molecule has 0 aliphatic heterocycles. The van der Waals surface area contributed by atoms with Crippen LogP contribution in [0.15, 0.2) is 36.8 Å². The van der Waals surface area contributed by atoms with Crippen LogP contribution >= 0.6 is 11.8 Å². The summed E-state index contributed by atoms with van der Waals surface area (Å²) in [5.41, 5.74) is 6.97. The molecule has 36 heavy (non-hydrogen) atoms. The second kappa shape index (κ2) is 14.1. The maximum atomic E-state index is 13.1. The molecule has 196 valence electrons. The number of phenols is 1. The van der Waals surface area contributed by atoms with Gasteiger partial charge in [-0.1, -0.05) is 12.1 Å². The molecule has 8 N–H and O–H groups in total. The van der Waals surface area contributed by atoms with E-state index in [9.17, 15) is 29.4 Å². The SMILES string of the molecule is CSCCC(N)C(=O)NC(C)C(=O)NC(Cc1cnc[nH]1)C(=O)NC(Cc1ccc(O)cc1)C(=O)O. The highest BCUT2D eigenvalue weighted by molar-refractivity contribution is 7.98. The molecule has 0 saturated heterocycles. The summed E-state index contributed by atoms with van der Waals surface area (Å²) < 4.78 is 0. The van der Waals surface area contributed by atoms with Crippen molar-refractivity contribution in [2.75, 3.05) is 12.0 Å². The lowest BCUT2D eigenvalue weighted by Gasteiger charge is -2.23. The van der Waals surface area contributed by atoms with Gasteiger partial charge in [-0.05, 0) is 43.0 Å². The van der Waals surface area contributed by atoms with Gasteiger partial charge in [0.25, 0.3) is 0 Å². The van der Waals surface area contributed by atoms with E-state index < -0.39 is 47.9 Å². The third-order valence-electron chi connectivity index (χ3n) is 5.32. The zero-order chi connectivity index (χ0) is 26.7. The number of aliphatic carboxylic acids is 1. The van der Waals surface area contributed by atoms with Crippen molar-refractivity contribution in [3.63, 3.8) is 0 Å². The molecule has 0 spiro atoms. The van der Waals surface area contributed by atoms with Gasteiger partial charge in [-0.2, -0.15) is 11.8 Å². The number of carbonyl (C=O) groups is 4. The molecule has 4 unspecified atom stereocenters. The largest absolute Gasteiger partial charge is 0.508 e. The standard InChI is InChI=1S/C23H32N6O6S/c1-13(27-21(32)17(24)7-8-36-2)20(31)28-18(10-15-11-25-12-26-15)22(33)29-19(23(34)35)9-14-3-5-16(30)6-4-14/h3-6,11-13,17-19,30H,7-10,24H2,1-2H3,(H,25,26)(H,27,32)(H,28,31)(H,29,33)(H,34,35). The van der Waals surface area contributed by atoms with Gasteiger partial charge in [0.15, 0.2) is 0 Å². The lowest BCUT2D eigenvalue weighted by molar-refractivity contribution is -0.142. The van der Waals surface area contributed by atoms with Crippen LogP contribution in [0.25, 0.3) is 0 Å². The first-order chi connectivity index (χ1) is 17.1. The summed E-state index contributed by atoms with van der Waals surface area (Å²) in [6, 6.07) is 1.75. The summed E-state index contributed by atoms with van der Waals surface area (Å²) in [5.74, 6) is -2.38. The van der Waals surface area contributed by atoms with Gasteiger partial charge in [0, 0.05) is 24.7 Å². The second-order valence-corrected chi connectivity index (χ2v) is 9.22. The summed E-state index contributed by atoms with van der Waals surface area (Å²) in [6.45, 7) is 1.46. The average molecular weight is 521 g/mol. The van der Waals surface area contributed by atoms with Crippen molar-refractivity contribution in [2.24, 2.45) is 5.73 Å². The van der Waals surface area contributed by atoms with E-state index in [2.05, 4.69) is 25.9 Å². The van der Waals surface area contributed by atoms with Gasteiger partial charge in [-0.15, -0.1) is 0 Å². The summed E-state index contributed by atoms with van der Waals surface area (Å²) >= 11 is 1.55. The molecule has 0 radical (unpaired) electrons. The maximum Gasteiger partial charge on any atom is 0.326 e. The minimum atomic E-state index is -1.28. The smallest absolute Gasteiger partial charge is 0.326 e. The monoisotopic (exact) mass is 520 g/mol. The van der Waals surface area contributed by atoms with Crippen LogP contribution in [-0.2, 0) is 32.0 Å². The molecule has 0 aliphatic rings. The fourth-order valence-electron chi connectivity index (χ4n) is 3.22. The van der Waals surface area contributed by atoms with Gasteiger partial charge < -0.3 is 36.9 Å². The van der Waals surface area contributed by atoms with Crippen LogP contribution in [0, 0.1) is 0 Å². The topological polar surface area (TPSA) is 200 Å². The Kier molecular flexibility index (Phi) is 11.2. The molecular weight excluding hydrogens is 488 g/mol. The average Bonchev–Trinajstić information content (AvgIpc) is 3.35. The van der Waals surface area contributed by atoms with Crippen molar-refractivity contribution in [3.8, 4) is 5.75 Å². The van der Waals surface area contributed by atoms with E-state index in [4.69, 9.17) is 5.73 Å². The van der Waals surface area contributed by atoms with E-state index in [-0.39, 0.29) is 18.6 Å². The Labute approximate surface area is 212 Å². The highest BCUT2D eigenvalue weighted by Crippen LogP contribution is 2.12. The summed E-state index contributed by atoms with van der Waals surface area (Å²) in [7, 11) is 0. The number of aromatic nitrogens is 2. The predicted octanol–water partition coefficient (Wildman–Crippen LogP) is -0.460. The number of thioether (sulfide) groups is 1. The number of imidazole rings is 1. The number of hydrogen-bond acceptors (Lipinski definition) is 8. The number of amides is 3. The van der Waals surface area contributed by atoms with Gasteiger partial charge in [0.1, 0.15) is 23.9 Å². The Bertz CT molecular complexity index is 1020. The quantitative estimate of drug-likeness (QED) is 0.172. The van der Waals surface area contributed by atoms with Gasteiger partial charge in [0.05, 0.1) is 12.4 Å².